The van der Waals surface area contributed by atoms with Crippen LogP contribution in [0.3, 0.4) is 0 Å². The minimum absolute atomic E-state index is 0.0510. The van der Waals surface area contributed by atoms with Gasteiger partial charge in [0, 0.05) is 24.8 Å². The molecule has 0 saturated carbocycles. The van der Waals surface area contributed by atoms with Crippen molar-refractivity contribution in [3.63, 3.8) is 0 Å². The zero-order chi connectivity index (χ0) is 15.6. The summed E-state index contributed by atoms with van der Waals surface area (Å²) in [7, 11) is 0. The number of para-hydroxylation sites is 1. The van der Waals surface area contributed by atoms with Crippen LogP contribution in [0.4, 0.5) is 5.69 Å². The van der Waals surface area contributed by atoms with Crippen LogP contribution in [0.2, 0.25) is 0 Å². The summed E-state index contributed by atoms with van der Waals surface area (Å²) in [5.74, 6) is 0.0515. The monoisotopic (exact) mass is 289 g/mol. The summed E-state index contributed by atoms with van der Waals surface area (Å²) in [6.07, 6.45) is 0.939. The molecule has 4 nitrogen and oxygen atoms in total. The van der Waals surface area contributed by atoms with E-state index >= 15 is 0 Å². The third-order valence-electron chi connectivity index (χ3n) is 4.67. The fourth-order valence-corrected chi connectivity index (χ4v) is 2.86. The normalized spacial score (nSPS) is 23.6. The van der Waals surface area contributed by atoms with Gasteiger partial charge in [-0.05, 0) is 37.3 Å². The molecule has 0 spiro atoms. The van der Waals surface area contributed by atoms with Gasteiger partial charge in [-0.2, -0.15) is 0 Å². The first-order valence-corrected chi connectivity index (χ1v) is 7.67. The van der Waals surface area contributed by atoms with E-state index in [-0.39, 0.29) is 23.4 Å². The zero-order valence-electron chi connectivity index (χ0n) is 13.5. The first-order chi connectivity index (χ1) is 9.81. The van der Waals surface area contributed by atoms with E-state index in [2.05, 4.69) is 24.1 Å². The van der Waals surface area contributed by atoms with Crippen molar-refractivity contribution >= 4 is 11.6 Å². The number of carbonyl (C=O) groups excluding carboxylic acids is 1. The molecule has 1 aliphatic heterocycles. The molecule has 1 saturated heterocycles. The van der Waals surface area contributed by atoms with Gasteiger partial charge in [0.15, 0.2) is 0 Å². The van der Waals surface area contributed by atoms with E-state index in [1.165, 1.54) is 0 Å². The molecular weight excluding hydrogens is 262 g/mol. The summed E-state index contributed by atoms with van der Waals surface area (Å²) in [4.78, 5) is 14.7. The smallest absolute Gasteiger partial charge is 0.241 e. The number of aryl methyl sites for hydroxylation is 1. The molecule has 0 aliphatic carbocycles. The molecule has 2 rings (SSSR count). The van der Waals surface area contributed by atoms with Crippen LogP contribution in [0.5, 0.6) is 0 Å². The van der Waals surface area contributed by atoms with Gasteiger partial charge < -0.3 is 11.1 Å². The minimum Gasteiger partial charge on any atom is -0.327 e. The minimum atomic E-state index is -0.142. The summed E-state index contributed by atoms with van der Waals surface area (Å²) in [5, 5.41) is 3.03. The number of benzene rings is 1. The van der Waals surface area contributed by atoms with Crippen molar-refractivity contribution in [2.75, 3.05) is 18.4 Å². The van der Waals surface area contributed by atoms with E-state index in [1.807, 2.05) is 38.1 Å². The lowest BCUT2D eigenvalue weighted by Gasteiger charge is -2.44. The Labute approximate surface area is 127 Å². The van der Waals surface area contributed by atoms with Gasteiger partial charge in [-0.1, -0.05) is 32.0 Å². The van der Waals surface area contributed by atoms with Crippen LogP contribution in [0.1, 0.15) is 32.8 Å². The number of nitrogens with zero attached hydrogens (tertiary/aromatic N) is 1. The van der Waals surface area contributed by atoms with Crippen LogP contribution in [0.15, 0.2) is 24.3 Å². The summed E-state index contributed by atoms with van der Waals surface area (Å²) < 4.78 is 0. The summed E-state index contributed by atoms with van der Waals surface area (Å²) in [6, 6.07) is 7.93. The topological polar surface area (TPSA) is 58.4 Å². The number of hydrogen-bond donors (Lipinski definition) is 2. The Hall–Kier alpha value is -1.39. The maximum Gasteiger partial charge on any atom is 0.241 e. The molecule has 1 heterocycles. The standard InChI is InChI=1S/C17H27N3O/c1-12-7-5-6-8-14(12)19-16(21)13(2)20-10-9-15(18)17(3,4)11-20/h5-8,13,15H,9-11,18H2,1-4H3,(H,19,21). The lowest BCUT2D eigenvalue weighted by molar-refractivity contribution is -0.122. The second kappa shape index (κ2) is 6.16. The summed E-state index contributed by atoms with van der Waals surface area (Å²) in [6.45, 7) is 10.1. The summed E-state index contributed by atoms with van der Waals surface area (Å²) in [5.41, 5.74) is 8.19. The largest absolute Gasteiger partial charge is 0.327 e. The first kappa shape index (κ1) is 16.0. The molecule has 2 atom stereocenters. The molecule has 1 aromatic rings. The maximum absolute atomic E-state index is 12.5. The molecule has 2 unspecified atom stereocenters. The highest BCUT2D eigenvalue weighted by Crippen LogP contribution is 2.29. The van der Waals surface area contributed by atoms with Crippen LogP contribution in [-0.2, 0) is 4.79 Å². The second-order valence-corrected chi connectivity index (χ2v) is 6.83. The number of piperidine rings is 1. The van der Waals surface area contributed by atoms with E-state index in [0.717, 1.165) is 30.8 Å². The van der Waals surface area contributed by atoms with Gasteiger partial charge in [0.25, 0.3) is 0 Å². The molecule has 4 heteroatoms. The first-order valence-electron chi connectivity index (χ1n) is 7.67. The van der Waals surface area contributed by atoms with E-state index in [1.54, 1.807) is 0 Å². The maximum atomic E-state index is 12.5. The Kier molecular flexibility index (Phi) is 4.69. The predicted octanol–water partition coefficient (Wildman–Crippen LogP) is 2.38. The fourth-order valence-electron chi connectivity index (χ4n) is 2.86. The number of nitrogens with one attached hydrogen (secondary N) is 1. The Balaban J connectivity index is 2.01. The van der Waals surface area contributed by atoms with Gasteiger partial charge in [0.2, 0.25) is 5.91 Å². The molecule has 0 aromatic heterocycles. The predicted molar refractivity (Wildman–Crippen MR) is 87.2 cm³/mol. The summed E-state index contributed by atoms with van der Waals surface area (Å²) >= 11 is 0. The van der Waals surface area contributed by atoms with E-state index in [0.29, 0.717) is 0 Å². The molecule has 1 amide bonds. The van der Waals surface area contributed by atoms with Gasteiger partial charge >= 0.3 is 0 Å². The highest BCUT2D eigenvalue weighted by Gasteiger charge is 2.36. The lowest BCUT2D eigenvalue weighted by atomic mass is 9.79. The molecule has 1 aromatic carbocycles. The zero-order valence-corrected chi connectivity index (χ0v) is 13.5. The van der Waals surface area contributed by atoms with Gasteiger partial charge in [0.05, 0.1) is 6.04 Å². The van der Waals surface area contributed by atoms with Gasteiger partial charge in [-0.25, -0.2) is 0 Å². The fraction of sp³-hybridized carbons (Fsp3) is 0.588. The number of rotatable bonds is 3. The molecule has 1 aliphatic rings. The molecule has 21 heavy (non-hydrogen) atoms. The van der Waals surface area contributed by atoms with Crippen molar-refractivity contribution in [2.45, 2.75) is 46.2 Å². The highest BCUT2D eigenvalue weighted by atomic mass is 16.2. The van der Waals surface area contributed by atoms with Gasteiger partial charge in [-0.15, -0.1) is 0 Å². The van der Waals surface area contributed by atoms with Crippen LogP contribution in [-0.4, -0.2) is 36.0 Å². The van der Waals surface area contributed by atoms with Crippen LogP contribution in [0.25, 0.3) is 0 Å². The van der Waals surface area contributed by atoms with E-state index in [9.17, 15) is 4.79 Å². The van der Waals surface area contributed by atoms with Crippen molar-refractivity contribution in [3.8, 4) is 0 Å². The number of hydrogen-bond acceptors (Lipinski definition) is 3. The quantitative estimate of drug-likeness (QED) is 0.898. The third-order valence-corrected chi connectivity index (χ3v) is 4.67. The van der Waals surface area contributed by atoms with Crippen LogP contribution < -0.4 is 11.1 Å². The Morgan fingerprint density at radius 3 is 2.71 bits per heavy atom. The van der Waals surface area contributed by atoms with Crippen molar-refractivity contribution in [3.05, 3.63) is 29.8 Å². The third kappa shape index (κ3) is 3.63. The molecule has 1 fully saturated rings. The highest BCUT2D eigenvalue weighted by molar-refractivity contribution is 5.95. The van der Waals surface area contributed by atoms with E-state index < -0.39 is 0 Å². The van der Waals surface area contributed by atoms with Crippen molar-refractivity contribution in [1.29, 1.82) is 0 Å². The van der Waals surface area contributed by atoms with Gasteiger partial charge in [0.1, 0.15) is 0 Å². The van der Waals surface area contributed by atoms with Crippen molar-refractivity contribution < 1.29 is 4.79 Å². The Morgan fingerprint density at radius 1 is 1.43 bits per heavy atom. The molecule has 116 valence electrons. The molecule has 0 bridgehead atoms. The average Bonchev–Trinajstić information content (AvgIpc) is 2.43. The number of anilines is 1. The van der Waals surface area contributed by atoms with Crippen molar-refractivity contribution in [2.24, 2.45) is 11.1 Å². The van der Waals surface area contributed by atoms with Gasteiger partial charge in [-0.3, -0.25) is 9.69 Å². The van der Waals surface area contributed by atoms with E-state index in [4.69, 9.17) is 5.73 Å². The molecule has 0 radical (unpaired) electrons. The number of amides is 1. The van der Waals surface area contributed by atoms with Crippen LogP contribution >= 0.6 is 0 Å². The Bertz CT molecular complexity index is 513. The average molecular weight is 289 g/mol. The number of likely N-dealkylation sites (tertiary alicyclic amines) is 1. The second-order valence-electron chi connectivity index (χ2n) is 6.83. The van der Waals surface area contributed by atoms with Crippen molar-refractivity contribution in [1.82, 2.24) is 4.90 Å². The Morgan fingerprint density at radius 2 is 2.10 bits per heavy atom. The van der Waals surface area contributed by atoms with Crippen LogP contribution in [0, 0.1) is 12.3 Å². The SMILES string of the molecule is Cc1ccccc1NC(=O)C(C)N1CCC(N)C(C)(C)C1. The molecule has 3 N–H and O–H groups in total. The number of nitrogens with two attached hydrogens (primary N) is 1. The molecular formula is C17H27N3O. The lowest BCUT2D eigenvalue weighted by Crippen LogP contribution is -2.56. The number of carbonyl (C=O) groups is 1.